The van der Waals surface area contributed by atoms with Gasteiger partial charge >= 0.3 is 0 Å². The van der Waals surface area contributed by atoms with E-state index in [0.29, 0.717) is 0 Å². The maximum Gasteiger partial charge on any atom is 0.244 e. The van der Waals surface area contributed by atoms with Crippen LogP contribution in [0.1, 0.15) is 38.3 Å². The molecule has 7 nitrogen and oxygen atoms in total. The van der Waals surface area contributed by atoms with Crippen molar-refractivity contribution in [3.8, 4) is 0 Å². The smallest absolute Gasteiger partial charge is 0.244 e. The topological polar surface area (TPSA) is 86.8 Å². The fraction of sp³-hybridized carbons (Fsp3) is 0.417. The lowest BCUT2D eigenvalue weighted by atomic mass is 10.1. The van der Waals surface area contributed by atoms with Gasteiger partial charge in [-0.2, -0.15) is 0 Å². The molecule has 10 heteroatoms. The van der Waals surface area contributed by atoms with E-state index in [0.717, 1.165) is 28.1 Å². The minimum absolute atomic E-state index is 0.0630. The summed E-state index contributed by atoms with van der Waals surface area (Å²) in [4.78, 5) is 27.8. The summed E-state index contributed by atoms with van der Waals surface area (Å²) in [5.74, 6) is -0.845. The molecule has 0 spiro atoms. The molecule has 0 heterocycles. The van der Waals surface area contributed by atoms with Gasteiger partial charge in [-0.15, -0.1) is 0 Å². The highest BCUT2D eigenvalue weighted by atomic mass is 35.5. The molecular weight excluding hydrogens is 497 g/mol. The number of hydrogen-bond donors (Lipinski definition) is 1. The predicted octanol–water partition coefficient (Wildman–Crippen LogP) is 4.40. The van der Waals surface area contributed by atoms with E-state index in [9.17, 15) is 18.0 Å². The van der Waals surface area contributed by atoms with E-state index in [1.54, 1.807) is 6.92 Å². The van der Waals surface area contributed by atoms with Crippen molar-refractivity contribution in [2.45, 2.75) is 52.7 Å². The highest BCUT2D eigenvalue weighted by Crippen LogP contribution is 2.27. The van der Waals surface area contributed by atoms with Crippen LogP contribution in [0, 0.1) is 6.92 Å². The number of nitrogens with one attached hydrogen (secondary N) is 1. The molecular formula is C24H31Cl2N3O4S. The minimum atomic E-state index is -3.86. The summed E-state index contributed by atoms with van der Waals surface area (Å²) in [6, 6.07) is 11.0. The number of anilines is 1. The van der Waals surface area contributed by atoms with E-state index in [-0.39, 0.29) is 34.2 Å². The molecule has 2 atom stereocenters. The summed E-state index contributed by atoms with van der Waals surface area (Å²) in [6.07, 6.45) is 1.74. The Bertz CT molecular complexity index is 1120. The molecule has 0 aliphatic heterocycles. The zero-order valence-corrected chi connectivity index (χ0v) is 22.3. The Labute approximate surface area is 212 Å². The molecule has 1 N–H and O–H groups in total. The number of benzene rings is 2. The molecule has 0 saturated heterocycles. The molecule has 2 aromatic carbocycles. The van der Waals surface area contributed by atoms with E-state index in [2.05, 4.69) is 5.32 Å². The van der Waals surface area contributed by atoms with Crippen LogP contribution in [0.25, 0.3) is 0 Å². The second-order valence-electron chi connectivity index (χ2n) is 8.40. The number of halogens is 2. The Kier molecular flexibility index (Phi) is 9.79. The van der Waals surface area contributed by atoms with Gasteiger partial charge in [-0.25, -0.2) is 8.42 Å². The number of nitrogens with zero attached hydrogens (tertiary/aromatic N) is 2. The summed E-state index contributed by atoms with van der Waals surface area (Å²) in [7, 11) is -3.86. The first kappa shape index (κ1) is 28.0. The number of aryl methyl sites for hydroxylation is 1. The van der Waals surface area contributed by atoms with Crippen molar-refractivity contribution < 1.29 is 18.0 Å². The summed E-state index contributed by atoms with van der Waals surface area (Å²) in [5.41, 5.74) is 2.00. The lowest BCUT2D eigenvalue weighted by Gasteiger charge is -2.32. The van der Waals surface area contributed by atoms with E-state index < -0.39 is 28.5 Å². The number of rotatable bonds is 10. The number of sulfonamides is 1. The fourth-order valence-corrected chi connectivity index (χ4v) is 4.70. The summed E-state index contributed by atoms with van der Waals surface area (Å²) >= 11 is 12.1. The van der Waals surface area contributed by atoms with Gasteiger partial charge in [-0.1, -0.05) is 60.0 Å². The van der Waals surface area contributed by atoms with Gasteiger partial charge in [-0.05, 0) is 51.0 Å². The molecule has 0 aliphatic rings. The zero-order valence-electron chi connectivity index (χ0n) is 20.0. The molecule has 0 fully saturated rings. The van der Waals surface area contributed by atoms with Crippen LogP contribution in [-0.2, 0) is 26.2 Å². The number of hydrogen-bond acceptors (Lipinski definition) is 4. The third-order valence-electron chi connectivity index (χ3n) is 5.42. The first-order chi connectivity index (χ1) is 15.8. The second kappa shape index (κ2) is 11.9. The molecule has 0 bridgehead atoms. The van der Waals surface area contributed by atoms with Crippen molar-refractivity contribution in [1.82, 2.24) is 10.2 Å². The molecule has 186 valence electrons. The lowest BCUT2D eigenvalue weighted by Crippen LogP contribution is -2.52. The lowest BCUT2D eigenvalue weighted by molar-refractivity contribution is -0.139. The summed E-state index contributed by atoms with van der Waals surface area (Å²) < 4.78 is 26.1. The molecule has 0 unspecified atom stereocenters. The molecule has 0 aromatic heterocycles. The van der Waals surface area contributed by atoms with E-state index in [1.165, 1.54) is 23.1 Å². The highest BCUT2D eigenvalue weighted by molar-refractivity contribution is 7.92. The van der Waals surface area contributed by atoms with Gasteiger partial charge in [0.05, 0.1) is 11.9 Å². The summed E-state index contributed by atoms with van der Waals surface area (Å²) in [5, 5.41) is 3.37. The van der Waals surface area contributed by atoms with Crippen molar-refractivity contribution in [3.63, 3.8) is 0 Å². The minimum Gasteiger partial charge on any atom is -0.352 e. The Morgan fingerprint density at radius 3 is 2.21 bits per heavy atom. The zero-order chi connectivity index (χ0) is 25.6. The molecule has 0 radical (unpaired) electrons. The van der Waals surface area contributed by atoms with Gasteiger partial charge in [0.2, 0.25) is 21.8 Å². The first-order valence-corrected chi connectivity index (χ1v) is 13.5. The maximum absolute atomic E-state index is 13.5. The van der Waals surface area contributed by atoms with Gasteiger partial charge in [0, 0.05) is 22.6 Å². The fourth-order valence-electron chi connectivity index (χ4n) is 3.35. The molecule has 2 amide bonds. The Hall–Kier alpha value is -2.29. The van der Waals surface area contributed by atoms with Crippen LogP contribution in [-0.4, -0.2) is 50.0 Å². The third kappa shape index (κ3) is 7.89. The van der Waals surface area contributed by atoms with Gasteiger partial charge in [0.15, 0.2) is 0 Å². The van der Waals surface area contributed by atoms with E-state index >= 15 is 0 Å². The molecule has 34 heavy (non-hydrogen) atoms. The van der Waals surface area contributed by atoms with Gasteiger partial charge in [0.25, 0.3) is 0 Å². The largest absolute Gasteiger partial charge is 0.352 e. The van der Waals surface area contributed by atoms with Gasteiger partial charge in [-0.3, -0.25) is 13.9 Å². The highest BCUT2D eigenvalue weighted by Gasteiger charge is 2.30. The first-order valence-electron chi connectivity index (χ1n) is 10.9. The Balaban J connectivity index is 2.42. The van der Waals surface area contributed by atoms with Crippen molar-refractivity contribution in [2.24, 2.45) is 0 Å². The number of carbonyl (C=O) groups is 2. The van der Waals surface area contributed by atoms with Crippen LogP contribution in [0.4, 0.5) is 5.69 Å². The van der Waals surface area contributed by atoms with E-state index in [4.69, 9.17) is 23.2 Å². The molecule has 0 saturated carbocycles. The van der Waals surface area contributed by atoms with Crippen LogP contribution >= 0.6 is 23.2 Å². The summed E-state index contributed by atoms with van der Waals surface area (Å²) in [6.45, 7) is 7.03. The van der Waals surface area contributed by atoms with Crippen molar-refractivity contribution in [3.05, 3.63) is 63.6 Å². The Morgan fingerprint density at radius 1 is 1.06 bits per heavy atom. The third-order valence-corrected chi connectivity index (χ3v) is 7.00. The SMILES string of the molecule is CC[C@H](C)NC(=O)[C@H](C)N(Cc1cccc(C)c1)C(=O)CN(c1cc(Cl)cc(Cl)c1)S(C)(=O)=O. The second-order valence-corrected chi connectivity index (χ2v) is 11.2. The van der Waals surface area contributed by atoms with Gasteiger partial charge in [0.1, 0.15) is 12.6 Å². The Morgan fingerprint density at radius 2 is 1.68 bits per heavy atom. The molecule has 2 aromatic rings. The number of carbonyl (C=O) groups excluding carboxylic acids is 2. The van der Waals surface area contributed by atoms with Gasteiger partial charge < -0.3 is 10.2 Å². The van der Waals surface area contributed by atoms with Crippen LogP contribution in [0.3, 0.4) is 0 Å². The average Bonchev–Trinajstić information content (AvgIpc) is 2.73. The molecule has 2 rings (SSSR count). The van der Waals surface area contributed by atoms with Crippen molar-refractivity contribution in [2.75, 3.05) is 17.1 Å². The normalized spacial score (nSPS) is 13.1. The van der Waals surface area contributed by atoms with Crippen molar-refractivity contribution in [1.29, 1.82) is 0 Å². The van der Waals surface area contributed by atoms with E-state index in [1.807, 2.05) is 45.0 Å². The van der Waals surface area contributed by atoms with Crippen molar-refractivity contribution >= 4 is 50.7 Å². The van der Waals surface area contributed by atoms with Crippen LogP contribution in [0.5, 0.6) is 0 Å². The quantitative estimate of drug-likeness (QED) is 0.495. The van der Waals surface area contributed by atoms with Crippen LogP contribution in [0.15, 0.2) is 42.5 Å². The maximum atomic E-state index is 13.5. The number of amides is 2. The average molecular weight is 529 g/mol. The van der Waals surface area contributed by atoms with Crippen LogP contribution < -0.4 is 9.62 Å². The van der Waals surface area contributed by atoms with Crippen LogP contribution in [0.2, 0.25) is 10.0 Å². The standard InChI is InChI=1S/C24H31Cl2N3O4S/c1-6-17(3)27-24(31)18(4)28(14-19-9-7-8-16(2)10-19)23(30)15-29(34(5,32)33)22-12-20(25)11-21(26)13-22/h7-13,17-18H,6,14-15H2,1-5H3,(H,27,31)/t17-,18-/m0/s1. The monoisotopic (exact) mass is 527 g/mol. The molecule has 0 aliphatic carbocycles. The predicted molar refractivity (Wildman–Crippen MR) is 138 cm³/mol.